The summed E-state index contributed by atoms with van der Waals surface area (Å²) in [5, 5.41) is 3.94. The van der Waals surface area contributed by atoms with Gasteiger partial charge in [0.15, 0.2) is 0 Å². The van der Waals surface area contributed by atoms with Crippen LogP contribution in [0.15, 0.2) is 60.8 Å². The molecule has 2 N–H and O–H groups in total. The van der Waals surface area contributed by atoms with Gasteiger partial charge in [0.05, 0.1) is 0 Å². The van der Waals surface area contributed by atoms with Crippen molar-refractivity contribution in [2.45, 2.75) is 6.42 Å². The number of amides is 2. The van der Waals surface area contributed by atoms with Gasteiger partial charge in [0, 0.05) is 41.4 Å². The van der Waals surface area contributed by atoms with Crippen LogP contribution < -0.4 is 5.32 Å². The van der Waals surface area contributed by atoms with Gasteiger partial charge in [-0.15, -0.1) is 0 Å². The zero-order chi connectivity index (χ0) is 17.2. The summed E-state index contributed by atoms with van der Waals surface area (Å²) in [4.78, 5) is 17.4. The van der Waals surface area contributed by atoms with Crippen LogP contribution >= 0.6 is 0 Å². The van der Waals surface area contributed by atoms with E-state index in [9.17, 15) is 9.18 Å². The van der Waals surface area contributed by atoms with Gasteiger partial charge in [-0.3, -0.25) is 0 Å². The maximum atomic E-state index is 13.2. The van der Waals surface area contributed by atoms with Crippen molar-refractivity contribution < 1.29 is 9.18 Å². The van der Waals surface area contributed by atoms with Crippen LogP contribution in [0.1, 0.15) is 12.0 Å². The van der Waals surface area contributed by atoms with Crippen molar-refractivity contribution in [1.82, 2.24) is 9.88 Å². The number of aromatic amines is 1. The van der Waals surface area contributed by atoms with E-state index in [2.05, 4.69) is 28.5 Å². The van der Waals surface area contributed by atoms with Crippen molar-refractivity contribution in [3.63, 3.8) is 0 Å². The summed E-state index contributed by atoms with van der Waals surface area (Å²) in [6.07, 6.45) is 4.90. The normalized spacial score (nSPS) is 14.4. The van der Waals surface area contributed by atoms with E-state index in [1.54, 1.807) is 17.0 Å². The molecular weight excluding hydrogens is 317 g/mol. The highest BCUT2D eigenvalue weighted by Gasteiger charge is 2.19. The number of benzene rings is 2. The summed E-state index contributed by atoms with van der Waals surface area (Å²) in [5.74, 6) is -0.363. The molecule has 0 radical (unpaired) electrons. The molecule has 2 heterocycles. The number of carbonyl (C=O) groups excluding carboxylic acids is 1. The smallest absolute Gasteiger partial charge is 0.322 e. The minimum atomic E-state index is -0.363. The van der Waals surface area contributed by atoms with E-state index in [1.165, 1.54) is 28.7 Å². The van der Waals surface area contributed by atoms with E-state index in [-0.39, 0.29) is 11.8 Å². The van der Waals surface area contributed by atoms with Gasteiger partial charge in [0.25, 0.3) is 0 Å². The predicted molar refractivity (Wildman–Crippen MR) is 97.9 cm³/mol. The first-order chi connectivity index (χ1) is 12.2. The fourth-order valence-corrected chi connectivity index (χ4v) is 3.20. The van der Waals surface area contributed by atoms with Crippen molar-refractivity contribution in [3.8, 4) is 0 Å². The number of nitrogens with one attached hydrogen (secondary N) is 2. The molecule has 0 bridgehead atoms. The maximum Gasteiger partial charge on any atom is 0.322 e. The number of hydrogen-bond acceptors (Lipinski definition) is 1. The topological polar surface area (TPSA) is 48.1 Å². The molecule has 3 aromatic rings. The van der Waals surface area contributed by atoms with Crippen molar-refractivity contribution in [3.05, 3.63) is 72.2 Å². The lowest BCUT2D eigenvalue weighted by atomic mass is 9.99. The number of nitrogens with zero attached hydrogens (tertiary/aromatic N) is 1. The Hall–Kier alpha value is -3.08. The minimum Gasteiger partial charge on any atom is -0.361 e. The number of carbonyl (C=O) groups is 1. The van der Waals surface area contributed by atoms with Gasteiger partial charge in [0.2, 0.25) is 0 Å². The Labute approximate surface area is 145 Å². The standard InChI is InChI=1S/C20H18FN3O/c21-15-4-3-5-16(12-15)23-20(25)24-10-8-14(9-11-24)18-13-22-19-7-2-1-6-17(18)19/h1-8,12-13,22H,9-11H2,(H,23,25). The molecule has 0 aliphatic carbocycles. The summed E-state index contributed by atoms with van der Waals surface area (Å²) in [5.41, 5.74) is 4.02. The van der Waals surface area contributed by atoms with Gasteiger partial charge in [-0.05, 0) is 36.3 Å². The third-order valence-electron chi connectivity index (χ3n) is 4.51. The van der Waals surface area contributed by atoms with Gasteiger partial charge in [0.1, 0.15) is 5.82 Å². The molecule has 0 atom stereocenters. The van der Waals surface area contributed by atoms with Crippen LogP contribution in [0.2, 0.25) is 0 Å². The zero-order valence-corrected chi connectivity index (χ0v) is 13.6. The summed E-state index contributed by atoms with van der Waals surface area (Å²) in [7, 11) is 0. The molecule has 0 spiro atoms. The lowest BCUT2D eigenvalue weighted by Gasteiger charge is -2.26. The lowest BCUT2D eigenvalue weighted by molar-refractivity contribution is 0.217. The molecule has 4 rings (SSSR count). The van der Waals surface area contributed by atoms with Crippen molar-refractivity contribution in [2.75, 3.05) is 18.4 Å². The monoisotopic (exact) mass is 335 g/mol. The van der Waals surface area contributed by atoms with Gasteiger partial charge in [-0.25, -0.2) is 9.18 Å². The van der Waals surface area contributed by atoms with Crippen LogP contribution in [0, 0.1) is 5.82 Å². The number of para-hydroxylation sites is 1. The number of urea groups is 1. The van der Waals surface area contributed by atoms with Crippen LogP contribution in [-0.2, 0) is 0 Å². The number of H-pyrrole nitrogens is 1. The Morgan fingerprint density at radius 3 is 2.84 bits per heavy atom. The van der Waals surface area contributed by atoms with Crippen LogP contribution in [0.4, 0.5) is 14.9 Å². The second kappa shape index (κ2) is 6.43. The van der Waals surface area contributed by atoms with Gasteiger partial charge in [-0.2, -0.15) is 0 Å². The molecule has 25 heavy (non-hydrogen) atoms. The van der Waals surface area contributed by atoms with Crippen LogP contribution in [-0.4, -0.2) is 29.0 Å². The number of rotatable bonds is 2. The molecule has 1 aromatic heterocycles. The first-order valence-corrected chi connectivity index (χ1v) is 8.28. The van der Waals surface area contributed by atoms with Crippen LogP contribution in [0.25, 0.3) is 16.5 Å². The van der Waals surface area contributed by atoms with Gasteiger partial charge >= 0.3 is 6.03 Å². The van der Waals surface area contributed by atoms with Gasteiger partial charge in [-0.1, -0.05) is 30.3 Å². The summed E-state index contributed by atoms with van der Waals surface area (Å²) in [6.45, 7) is 1.17. The Balaban J connectivity index is 1.47. The highest BCUT2D eigenvalue weighted by molar-refractivity contribution is 5.94. The molecule has 1 aliphatic rings. The minimum absolute atomic E-state index is 0.208. The summed E-state index contributed by atoms with van der Waals surface area (Å²) >= 11 is 0. The number of aromatic nitrogens is 1. The molecule has 0 saturated carbocycles. The summed E-state index contributed by atoms with van der Waals surface area (Å²) < 4.78 is 13.2. The quantitative estimate of drug-likeness (QED) is 0.705. The molecular formula is C20H18FN3O. The zero-order valence-electron chi connectivity index (χ0n) is 13.6. The lowest BCUT2D eigenvalue weighted by Crippen LogP contribution is -2.37. The van der Waals surface area contributed by atoms with E-state index >= 15 is 0 Å². The largest absolute Gasteiger partial charge is 0.361 e. The average Bonchev–Trinajstić information content (AvgIpc) is 3.06. The molecule has 1 aliphatic heterocycles. The van der Waals surface area contributed by atoms with Crippen molar-refractivity contribution in [2.24, 2.45) is 0 Å². The Kier molecular flexibility index (Phi) is 3.98. The molecule has 126 valence electrons. The first-order valence-electron chi connectivity index (χ1n) is 8.28. The highest BCUT2D eigenvalue weighted by atomic mass is 19.1. The van der Waals surface area contributed by atoms with E-state index in [1.807, 2.05) is 18.3 Å². The number of halogens is 1. The molecule has 2 aromatic carbocycles. The van der Waals surface area contributed by atoms with Crippen molar-refractivity contribution in [1.29, 1.82) is 0 Å². The number of anilines is 1. The Morgan fingerprint density at radius 2 is 2.04 bits per heavy atom. The fourth-order valence-electron chi connectivity index (χ4n) is 3.20. The third-order valence-corrected chi connectivity index (χ3v) is 4.51. The molecule has 2 amide bonds. The molecule has 5 heteroatoms. The Bertz CT molecular complexity index is 960. The van der Waals surface area contributed by atoms with E-state index < -0.39 is 0 Å². The number of fused-ring (bicyclic) bond motifs is 1. The molecule has 0 fully saturated rings. The maximum absolute atomic E-state index is 13.2. The first kappa shape index (κ1) is 15.4. The van der Waals surface area contributed by atoms with Gasteiger partial charge < -0.3 is 15.2 Å². The molecule has 4 nitrogen and oxygen atoms in total. The van der Waals surface area contributed by atoms with E-state index in [0.717, 1.165) is 11.9 Å². The average molecular weight is 335 g/mol. The fraction of sp³-hybridized carbons (Fsp3) is 0.150. The van der Waals surface area contributed by atoms with Crippen molar-refractivity contribution >= 4 is 28.2 Å². The van der Waals surface area contributed by atoms with E-state index in [0.29, 0.717) is 18.8 Å². The van der Waals surface area contributed by atoms with Crippen LogP contribution in [0.5, 0.6) is 0 Å². The van der Waals surface area contributed by atoms with E-state index in [4.69, 9.17) is 0 Å². The second-order valence-corrected chi connectivity index (χ2v) is 6.11. The Morgan fingerprint density at radius 1 is 1.16 bits per heavy atom. The summed E-state index contributed by atoms with van der Waals surface area (Å²) in [6, 6.07) is 13.9. The van der Waals surface area contributed by atoms with Crippen LogP contribution in [0.3, 0.4) is 0 Å². The second-order valence-electron chi connectivity index (χ2n) is 6.11. The molecule has 0 saturated heterocycles. The highest BCUT2D eigenvalue weighted by Crippen LogP contribution is 2.29. The molecule has 0 unspecified atom stereocenters. The SMILES string of the molecule is O=C(Nc1cccc(F)c1)N1CC=C(c2c[nH]c3ccccc23)CC1. The third kappa shape index (κ3) is 3.13. The predicted octanol–water partition coefficient (Wildman–Crippen LogP) is 4.63. The number of hydrogen-bond donors (Lipinski definition) is 2.